The van der Waals surface area contributed by atoms with Gasteiger partial charge in [0.2, 0.25) is 5.91 Å². The van der Waals surface area contributed by atoms with Gasteiger partial charge in [0.1, 0.15) is 0 Å². The zero-order valence-electron chi connectivity index (χ0n) is 10.6. The number of hydrogen-bond donors (Lipinski definition) is 1. The Balaban J connectivity index is 2.66. The molecule has 1 aromatic carbocycles. The maximum Gasteiger partial charge on any atom is 0.221 e. The first-order valence-electron chi connectivity index (χ1n) is 5.95. The largest absolute Gasteiger partial charge is 0.356 e. The lowest BCUT2D eigenvalue weighted by Crippen LogP contribution is -2.28. The summed E-state index contributed by atoms with van der Waals surface area (Å²) in [5, 5.41) is 12.0. The van der Waals surface area contributed by atoms with Crippen LogP contribution < -0.4 is 5.32 Å². The van der Waals surface area contributed by atoms with E-state index in [2.05, 4.69) is 27.3 Å². The maximum absolute atomic E-state index is 11.7. The molecule has 1 aromatic rings. The number of rotatable bonds is 5. The molecule has 0 heterocycles. The average molecular weight is 309 g/mol. The van der Waals surface area contributed by atoms with Gasteiger partial charge in [-0.2, -0.15) is 5.26 Å². The zero-order valence-corrected chi connectivity index (χ0v) is 12.2. The number of carbonyl (C=O) groups excluding carboxylic acids is 1. The van der Waals surface area contributed by atoms with E-state index in [-0.39, 0.29) is 12.3 Å². The molecule has 3 nitrogen and oxygen atoms in total. The van der Waals surface area contributed by atoms with Crippen LogP contribution in [0.3, 0.4) is 0 Å². The second-order valence-corrected chi connectivity index (χ2v) is 5.46. The van der Waals surface area contributed by atoms with Crippen molar-refractivity contribution in [3.05, 3.63) is 34.3 Å². The molecule has 0 aliphatic carbocycles. The molecule has 1 atom stereocenters. The Labute approximate surface area is 116 Å². The van der Waals surface area contributed by atoms with E-state index in [1.807, 2.05) is 38.1 Å². The Morgan fingerprint density at radius 3 is 2.67 bits per heavy atom. The molecule has 4 heteroatoms. The van der Waals surface area contributed by atoms with Crippen molar-refractivity contribution in [2.45, 2.75) is 26.2 Å². The second kappa shape index (κ2) is 7.17. The van der Waals surface area contributed by atoms with Gasteiger partial charge in [-0.3, -0.25) is 4.79 Å². The van der Waals surface area contributed by atoms with E-state index in [0.29, 0.717) is 12.5 Å². The van der Waals surface area contributed by atoms with Crippen LogP contribution >= 0.6 is 15.9 Å². The van der Waals surface area contributed by atoms with Crippen LogP contribution in [0.5, 0.6) is 0 Å². The van der Waals surface area contributed by atoms with Gasteiger partial charge in [-0.25, -0.2) is 0 Å². The van der Waals surface area contributed by atoms with E-state index in [4.69, 9.17) is 0 Å². The third kappa shape index (κ3) is 4.50. The van der Waals surface area contributed by atoms with Crippen molar-refractivity contribution in [1.29, 1.82) is 5.26 Å². The number of benzene rings is 1. The summed E-state index contributed by atoms with van der Waals surface area (Å²) in [5.74, 6) is -0.0725. The summed E-state index contributed by atoms with van der Waals surface area (Å²) >= 11 is 3.41. The quantitative estimate of drug-likeness (QED) is 0.908. The van der Waals surface area contributed by atoms with Gasteiger partial charge in [0.15, 0.2) is 0 Å². The SMILES string of the molecule is CC(C)CNC(=O)CC(C#N)c1ccccc1Br. The van der Waals surface area contributed by atoms with Crippen LogP contribution in [0, 0.1) is 17.2 Å². The zero-order chi connectivity index (χ0) is 13.5. The minimum Gasteiger partial charge on any atom is -0.356 e. The molecule has 18 heavy (non-hydrogen) atoms. The van der Waals surface area contributed by atoms with Gasteiger partial charge in [-0.05, 0) is 17.5 Å². The predicted molar refractivity (Wildman–Crippen MR) is 75.0 cm³/mol. The molecule has 0 saturated carbocycles. The third-order valence-corrected chi connectivity index (χ3v) is 3.26. The van der Waals surface area contributed by atoms with E-state index in [1.54, 1.807) is 0 Å². The molecule has 0 fully saturated rings. The van der Waals surface area contributed by atoms with Crippen molar-refractivity contribution in [1.82, 2.24) is 5.32 Å². The van der Waals surface area contributed by atoms with Crippen molar-refractivity contribution in [3.8, 4) is 6.07 Å². The third-order valence-electron chi connectivity index (χ3n) is 2.53. The van der Waals surface area contributed by atoms with Crippen LogP contribution in [-0.2, 0) is 4.79 Å². The van der Waals surface area contributed by atoms with Gasteiger partial charge >= 0.3 is 0 Å². The summed E-state index contributed by atoms with van der Waals surface area (Å²) in [7, 11) is 0. The van der Waals surface area contributed by atoms with Crippen molar-refractivity contribution in [3.63, 3.8) is 0 Å². The topological polar surface area (TPSA) is 52.9 Å². The maximum atomic E-state index is 11.7. The molecule has 0 saturated heterocycles. The van der Waals surface area contributed by atoms with E-state index < -0.39 is 5.92 Å². The fraction of sp³-hybridized carbons (Fsp3) is 0.429. The second-order valence-electron chi connectivity index (χ2n) is 4.61. The van der Waals surface area contributed by atoms with Crippen LogP contribution in [0.15, 0.2) is 28.7 Å². The first-order valence-corrected chi connectivity index (χ1v) is 6.74. The number of hydrogen-bond acceptors (Lipinski definition) is 2. The van der Waals surface area contributed by atoms with Crippen LogP contribution in [0.1, 0.15) is 31.7 Å². The fourth-order valence-electron chi connectivity index (χ4n) is 1.56. The van der Waals surface area contributed by atoms with Gasteiger partial charge in [-0.15, -0.1) is 0 Å². The van der Waals surface area contributed by atoms with Crippen LogP contribution in [0.4, 0.5) is 0 Å². The summed E-state index contributed by atoms with van der Waals surface area (Å²) in [6, 6.07) is 9.70. The van der Waals surface area contributed by atoms with E-state index in [1.165, 1.54) is 0 Å². The monoisotopic (exact) mass is 308 g/mol. The standard InChI is InChI=1S/C14H17BrN2O/c1-10(2)9-17-14(18)7-11(8-16)12-5-3-4-6-13(12)15/h3-6,10-11H,7,9H2,1-2H3,(H,17,18). The Morgan fingerprint density at radius 2 is 2.11 bits per heavy atom. The summed E-state index contributed by atoms with van der Waals surface area (Å²) in [4.78, 5) is 11.7. The van der Waals surface area contributed by atoms with E-state index in [9.17, 15) is 10.1 Å². The van der Waals surface area contributed by atoms with Crippen molar-refractivity contribution < 1.29 is 4.79 Å². The van der Waals surface area contributed by atoms with Gasteiger partial charge in [0, 0.05) is 17.4 Å². The first-order chi connectivity index (χ1) is 8.54. The molecule has 0 aliphatic rings. The number of carbonyl (C=O) groups is 1. The lowest BCUT2D eigenvalue weighted by atomic mass is 9.97. The first kappa shape index (κ1) is 14.7. The molecule has 0 aromatic heterocycles. The van der Waals surface area contributed by atoms with E-state index in [0.717, 1.165) is 10.0 Å². The highest BCUT2D eigenvalue weighted by molar-refractivity contribution is 9.10. The minimum atomic E-state index is -0.410. The van der Waals surface area contributed by atoms with Gasteiger partial charge < -0.3 is 5.32 Å². The Hall–Kier alpha value is -1.34. The average Bonchev–Trinajstić information content (AvgIpc) is 2.34. The van der Waals surface area contributed by atoms with Crippen LogP contribution in [0.25, 0.3) is 0 Å². The smallest absolute Gasteiger partial charge is 0.221 e. The summed E-state index contributed by atoms with van der Waals surface area (Å²) in [6.07, 6.45) is 0.200. The molecule has 1 unspecified atom stereocenters. The molecule has 0 spiro atoms. The van der Waals surface area contributed by atoms with Gasteiger partial charge in [0.25, 0.3) is 0 Å². The van der Waals surface area contributed by atoms with E-state index >= 15 is 0 Å². The van der Waals surface area contributed by atoms with Crippen molar-refractivity contribution >= 4 is 21.8 Å². The molecule has 0 radical (unpaired) electrons. The Morgan fingerprint density at radius 1 is 1.44 bits per heavy atom. The lowest BCUT2D eigenvalue weighted by molar-refractivity contribution is -0.121. The Bertz CT molecular complexity index is 451. The lowest BCUT2D eigenvalue weighted by Gasteiger charge is -2.12. The summed E-state index contributed by atoms with van der Waals surface area (Å²) in [6.45, 7) is 4.72. The predicted octanol–water partition coefficient (Wildman–Crippen LogP) is 3.22. The Kier molecular flexibility index (Phi) is 5.87. The molecular weight excluding hydrogens is 292 g/mol. The van der Waals surface area contributed by atoms with Crippen LogP contribution in [-0.4, -0.2) is 12.5 Å². The highest BCUT2D eigenvalue weighted by Gasteiger charge is 2.17. The summed E-state index contributed by atoms with van der Waals surface area (Å²) in [5.41, 5.74) is 0.861. The molecular formula is C14H17BrN2O. The molecule has 0 bridgehead atoms. The highest BCUT2D eigenvalue weighted by Crippen LogP contribution is 2.26. The number of halogens is 1. The molecule has 1 N–H and O–H groups in total. The molecule has 96 valence electrons. The minimum absolute atomic E-state index is 0.0778. The van der Waals surface area contributed by atoms with Crippen molar-refractivity contribution in [2.24, 2.45) is 5.92 Å². The number of nitrogens with one attached hydrogen (secondary N) is 1. The fourth-order valence-corrected chi connectivity index (χ4v) is 2.12. The van der Waals surface area contributed by atoms with Gasteiger partial charge in [0.05, 0.1) is 12.0 Å². The number of nitriles is 1. The molecule has 1 rings (SSSR count). The van der Waals surface area contributed by atoms with Crippen molar-refractivity contribution in [2.75, 3.05) is 6.54 Å². The number of amides is 1. The van der Waals surface area contributed by atoms with Crippen LogP contribution in [0.2, 0.25) is 0 Å². The van der Waals surface area contributed by atoms with Gasteiger partial charge in [-0.1, -0.05) is 48.0 Å². The molecule has 0 aliphatic heterocycles. The number of nitrogens with zero attached hydrogens (tertiary/aromatic N) is 1. The summed E-state index contributed by atoms with van der Waals surface area (Å²) < 4.78 is 0.869. The highest BCUT2D eigenvalue weighted by atomic mass is 79.9. The normalized spacial score (nSPS) is 11.9. The molecule has 1 amide bonds.